The van der Waals surface area contributed by atoms with Crippen molar-refractivity contribution in [3.05, 3.63) is 32.2 Å². The van der Waals surface area contributed by atoms with E-state index in [1.807, 2.05) is 12.1 Å². The van der Waals surface area contributed by atoms with E-state index in [1.165, 1.54) is 0 Å². The van der Waals surface area contributed by atoms with E-state index in [0.717, 1.165) is 14.5 Å². The van der Waals surface area contributed by atoms with E-state index in [9.17, 15) is 4.79 Å². The Balaban J connectivity index is 2.36. The minimum atomic E-state index is -0.456. The van der Waals surface area contributed by atoms with E-state index in [0.29, 0.717) is 17.0 Å². The van der Waals surface area contributed by atoms with Gasteiger partial charge in [0, 0.05) is 0 Å². The van der Waals surface area contributed by atoms with Crippen LogP contribution in [0.15, 0.2) is 31.8 Å². The molecule has 0 saturated carbocycles. The maximum absolute atomic E-state index is 11.5. The van der Waals surface area contributed by atoms with Crippen LogP contribution in [0.1, 0.15) is 12.5 Å². The summed E-state index contributed by atoms with van der Waals surface area (Å²) in [5.41, 5.74) is 1.79. The van der Waals surface area contributed by atoms with Gasteiger partial charge in [0.25, 0.3) is 0 Å². The topological polar surface area (TPSA) is 47.9 Å². The van der Waals surface area contributed by atoms with Gasteiger partial charge in [-0.25, -0.2) is 4.79 Å². The molecule has 0 radical (unpaired) electrons. The summed E-state index contributed by atoms with van der Waals surface area (Å²) in [6.45, 7) is 1.89. The Morgan fingerprint density at radius 1 is 1.45 bits per heavy atom. The number of rotatable bonds is 3. The lowest BCUT2D eigenvalue weighted by molar-refractivity contribution is -0.136. The molecule has 0 amide bonds. The summed E-state index contributed by atoms with van der Waals surface area (Å²) < 4.78 is 6.88. The van der Waals surface area contributed by atoms with E-state index < -0.39 is 5.97 Å². The SMILES string of the molecule is C#CCOc1c(Br)cc(/C=C2\C(=O)ON=C2C)cc1Br. The highest BCUT2D eigenvalue weighted by Crippen LogP contribution is 2.35. The first-order valence-electron chi connectivity index (χ1n) is 5.56. The van der Waals surface area contributed by atoms with Crippen LogP contribution in [-0.2, 0) is 9.63 Å². The van der Waals surface area contributed by atoms with Gasteiger partial charge in [0.1, 0.15) is 12.4 Å². The summed E-state index contributed by atoms with van der Waals surface area (Å²) in [7, 11) is 0. The quantitative estimate of drug-likeness (QED) is 0.444. The molecule has 102 valence electrons. The van der Waals surface area contributed by atoms with Crippen LogP contribution in [0.3, 0.4) is 0 Å². The molecular weight excluding hydrogens is 390 g/mol. The average molecular weight is 399 g/mol. The Labute approximate surface area is 133 Å². The second-order valence-electron chi connectivity index (χ2n) is 3.92. The zero-order valence-electron chi connectivity index (χ0n) is 10.4. The van der Waals surface area contributed by atoms with Gasteiger partial charge in [-0.15, -0.1) is 6.42 Å². The highest BCUT2D eigenvalue weighted by molar-refractivity contribution is 9.11. The number of halogens is 2. The van der Waals surface area contributed by atoms with Crippen LogP contribution in [-0.4, -0.2) is 18.3 Å². The van der Waals surface area contributed by atoms with Crippen molar-refractivity contribution in [3.8, 4) is 18.1 Å². The molecule has 0 aliphatic carbocycles. The van der Waals surface area contributed by atoms with Crippen molar-refractivity contribution in [2.24, 2.45) is 5.16 Å². The van der Waals surface area contributed by atoms with E-state index in [1.54, 1.807) is 13.0 Å². The first-order chi connectivity index (χ1) is 9.52. The number of hydrogen-bond donors (Lipinski definition) is 0. The fourth-order valence-corrected chi connectivity index (χ4v) is 3.05. The molecule has 0 atom stereocenters. The highest BCUT2D eigenvalue weighted by atomic mass is 79.9. The van der Waals surface area contributed by atoms with Crippen molar-refractivity contribution in [1.29, 1.82) is 0 Å². The number of hydrogen-bond acceptors (Lipinski definition) is 4. The molecule has 0 spiro atoms. The third kappa shape index (κ3) is 3.11. The fraction of sp³-hybridized carbons (Fsp3) is 0.143. The predicted molar refractivity (Wildman–Crippen MR) is 83.3 cm³/mol. The first kappa shape index (κ1) is 14.8. The molecule has 1 heterocycles. The summed E-state index contributed by atoms with van der Waals surface area (Å²) in [5.74, 6) is 2.56. The number of terminal acetylenes is 1. The lowest BCUT2D eigenvalue weighted by Gasteiger charge is -2.09. The molecule has 0 unspecified atom stereocenters. The second kappa shape index (κ2) is 6.25. The Morgan fingerprint density at radius 3 is 2.60 bits per heavy atom. The molecule has 0 fully saturated rings. The van der Waals surface area contributed by atoms with Gasteiger partial charge in [0.2, 0.25) is 0 Å². The number of nitrogens with zero attached hydrogens (tertiary/aromatic N) is 1. The Bertz CT molecular complexity index is 648. The molecule has 0 saturated heterocycles. The fourth-order valence-electron chi connectivity index (χ4n) is 1.60. The molecule has 2 rings (SSSR count). The molecule has 0 N–H and O–H groups in total. The van der Waals surface area contributed by atoms with E-state index in [2.05, 4.69) is 47.8 Å². The van der Waals surface area contributed by atoms with Crippen molar-refractivity contribution in [1.82, 2.24) is 0 Å². The lowest BCUT2D eigenvalue weighted by atomic mass is 10.1. The maximum Gasteiger partial charge on any atom is 0.367 e. The molecule has 20 heavy (non-hydrogen) atoms. The van der Waals surface area contributed by atoms with Gasteiger partial charge in [0.15, 0.2) is 0 Å². The third-order valence-corrected chi connectivity index (χ3v) is 3.68. The highest BCUT2D eigenvalue weighted by Gasteiger charge is 2.22. The summed E-state index contributed by atoms with van der Waals surface area (Å²) in [5, 5.41) is 3.63. The molecule has 1 aliphatic rings. The zero-order chi connectivity index (χ0) is 14.7. The van der Waals surface area contributed by atoms with Crippen molar-refractivity contribution >= 4 is 49.6 Å². The normalized spacial score (nSPS) is 15.8. The minimum Gasteiger partial charge on any atom is -0.479 e. The summed E-state index contributed by atoms with van der Waals surface area (Å²) >= 11 is 6.82. The van der Waals surface area contributed by atoms with Crippen LogP contribution < -0.4 is 4.74 Å². The van der Waals surface area contributed by atoms with Gasteiger partial charge < -0.3 is 9.57 Å². The van der Waals surface area contributed by atoms with Crippen LogP contribution in [0.2, 0.25) is 0 Å². The lowest BCUT2D eigenvalue weighted by Crippen LogP contribution is -2.02. The Kier molecular flexibility index (Phi) is 4.63. The van der Waals surface area contributed by atoms with E-state index in [-0.39, 0.29) is 6.61 Å². The Morgan fingerprint density at radius 2 is 2.10 bits per heavy atom. The largest absolute Gasteiger partial charge is 0.479 e. The smallest absolute Gasteiger partial charge is 0.367 e. The predicted octanol–water partition coefficient (Wildman–Crippen LogP) is 3.54. The third-order valence-electron chi connectivity index (χ3n) is 2.51. The number of ether oxygens (including phenoxy) is 1. The second-order valence-corrected chi connectivity index (χ2v) is 5.63. The van der Waals surface area contributed by atoms with E-state index >= 15 is 0 Å². The first-order valence-corrected chi connectivity index (χ1v) is 7.15. The summed E-state index contributed by atoms with van der Waals surface area (Å²) in [6.07, 6.45) is 6.87. The average Bonchev–Trinajstić information content (AvgIpc) is 2.70. The van der Waals surface area contributed by atoms with E-state index in [4.69, 9.17) is 11.2 Å². The monoisotopic (exact) mass is 397 g/mol. The number of oxime groups is 1. The van der Waals surface area contributed by atoms with Gasteiger partial charge >= 0.3 is 5.97 Å². The van der Waals surface area contributed by atoms with Crippen molar-refractivity contribution in [2.75, 3.05) is 6.61 Å². The number of carbonyl (C=O) groups excluding carboxylic acids is 1. The molecule has 0 aromatic heterocycles. The van der Waals surface area contributed by atoms with Gasteiger partial charge in [0.05, 0.1) is 20.2 Å². The molecule has 1 aliphatic heterocycles. The van der Waals surface area contributed by atoms with Crippen LogP contribution in [0.4, 0.5) is 0 Å². The molecule has 4 nitrogen and oxygen atoms in total. The van der Waals surface area contributed by atoms with Gasteiger partial charge in [-0.05, 0) is 62.6 Å². The van der Waals surface area contributed by atoms with Crippen molar-refractivity contribution in [3.63, 3.8) is 0 Å². The summed E-state index contributed by atoms with van der Waals surface area (Å²) in [4.78, 5) is 16.1. The molecular formula is C14H9Br2NO3. The molecule has 1 aromatic rings. The molecule has 6 heteroatoms. The molecule has 0 bridgehead atoms. The van der Waals surface area contributed by atoms with Gasteiger partial charge in [-0.3, -0.25) is 0 Å². The van der Waals surface area contributed by atoms with Crippen molar-refractivity contribution < 1.29 is 14.4 Å². The van der Waals surface area contributed by atoms with Crippen LogP contribution in [0.25, 0.3) is 6.08 Å². The summed E-state index contributed by atoms with van der Waals surface area (Å²) in [6, 6.07) is 3.64. The zero-order valence-corrected chi connectivity index (χ0v) is 13.6. The van der Waals surface area contributed by atoms with Crippen molar-refractivity contribution in [2.45, 2.75) is 6.92 Å². The van der Waals surface area contributed by atoms with Gasteiger partial charge in [-0.2, -0.15) is 0 Å². The van der Waals surface area contributed by atoms with Crippen LogP contribution in [0.5, 0.6) is 5.75 Å². The molecule has 1 aromatic carbocycles. The van der Waals surface area contributed by atoms with Crippen LogP contribution in [0, 0.1) is 12.3 Å². The Hall–Kier alpha value is -1.58. The number of benzene rings is 1. The maximum atomic E-state index is 11.5. The van der Waals surface area contributed by atoms with Crippen LogP contribution >= 0.6 is 31.9 Å². The van der Waals surface area contributed by atoms with Gasteiger partial charge in [-0.1, -0.05) is 11.1 Å². The number of carbonyl (C=O) groups is 1. The minimum absolute atomic E-state index is 0.176. The standard InChI is InChI=1S/C14H9Br2NO3/c1-3-4-19-13-11(15)6-9(7-12(13)16)5-10-8(2)17-20-14(10)18/h1,5-7H,4H2,2H3/b10-5-.